The maximum atomic E-state index is 12.4. The van der Waals surface area contributed by atoms with E-state index >= 15 is 0 Å². The van der Waals surface area contributed by atoms with E-state index in [9.17, 15) is 13.2 Å². The molecule has 7 heteroatoms. The number of carboxylic acids is 1. The molecule has 1 aromatic rings. The van der Waals surface area contributed by atoms with Crippen molar-refractivity contribution in [3.8, 4) is 5.75 Å². The summed E-state index contributed by atoms with van der Waals surface area (Å²) in [5.41, 5.74) is 1.45. The number of rotatable bonds is 7. The van der Waals surface area contributed by atoms with Crippen LogP contribution in [0.5, 0.6) is 5.75 Å². The second kappa shape index (κ2) is 7.33. The first-order chi connectivity index (χ1) is 11.5. The van der Waals surface area contributed by atoms with Crippen LogP contribution in [0.25, 0.3) is 0 Å². The van der Waals surface area contributed by atoms with E-state index in [1.807, 2.05) is 39.0 Å². The zero-order valence-corrected chi connectivity index (χ0v) is 16.1. The molecule has 0 aliphatic carbocycles. The average molecular weight is 369 g/mol. The molecule has 6 nitrogen and oxygen atoms in total. The Morgan fingerprint density at radius 2 is 2.04 bits per heavy atom. The molecule has 0 fully saturated rings. The monoisotopic (exact) mass is 369 g/mol. The van der Waals surface area contributed by atoms with Gasteiger partial charge < -0.3 is 9.84 Å². The van der Waals surface area contributed by atoms with Crippen molar-refractivity contribution in [2.75, 3.05) is 12.8 Å². The summed E-state index contributed by atoms with van der Waals surface area (Å²) >= 11 is 0. The number of hydrogen-bond donors (Lipinski definition) is 1. The minimum atomic E-state index is -3.44. The first kappa shape index (κ1) is 19.7. The summed E-state index contributed by atoms with van der Waals surface area (Å²) in [4.78, 5) is 10.7. The van der Waals surface area contributed by atoms with Gasteiger partial charge in [0, 0.05) is 24.9 Å². The van der Waals surface area contributed by atoms with E-state index in [0.717, 1.165) is 11.1 Å². The molecule has 25 heavy (non-hydrogen) atoms. The third kappa shape index (κ3) is 5.19. The van der Waals surface area contributed by atoms with Gasteiger partial charge in [0.2, 0.25) is 10.0 Å². The van der Waals surface area contributed by atoms with E-state index in [1.165, 1.54) is 10.6 Å². The number of fused-ring (bicyclic) bond motifs is 1. The summed E-state index contributed by atoms with van der Waals surface area (Å²) in [6.45, 7) is 6.18. The van der Waals surface area contributed by atoms with Gasteiger partial charge in [0.25, 0.3) is 0 Å². The van der Waals surface area contributed by atoms with Crippen molar-refractivity contribution in [2.24, 2.45) is 0 Å². The van der Waals surface area contributed by atoms with Gasteiger partial charge in [0.05, 0.1) is 12.3 Å². The average Bonchev–Trinajstić information content (AvgIpc) is 2.45. The molecule has 1 aliphatic rings. The van der Waals surface area contributed by atoms with Crippen LogP contribution in [0.1, 0.15) is 56.7 Å². The summed E-state index contributed by atoms with van der Waals surface area (Å²) in [5, 5.41) is 8.77. The summed E-state index contributed by atoms with van der Waals surface area (Å²) in [6.07, 6.45) is 2.77. The molecule has 1 aliphatic heterocycles. The molecule has 1 heterocycles. The topological polar surface area (TPSA) is 83.9 Å². The van der Waals surface area contributed by atoms with Crippen LogP contribution in [-0.4, -0.2) is 42.2 Å². The Morgan fingerprint density at radius 3 is 2.64 bits per heavy atom. The Morgan fingerprint density at radius 1 is 1.36 bits per heavy atom. The molecule has 0 aromatic heterocycles. The normalized spacial score (nSPS) is 19.3. The highest BCUT2D eigenvalue weighted by atomic mass is 32.2. The molecule has 0 spiro atoms. The van der Waals surface area contributed by atoms with Crippen LogP contribution >= 0.6 is 0 Å². The van der Waals surface area contributed by atoms with E-state index in [2.05, 4.69) is 0 Å². The Bertz CT molecular complexity index is 742. The largest absolute Gasteiger partial charge is 0.487 e. The number of ether oxygens (including phenoxy) is 1. The van der Waals surface area contributed by atoms with Crippen LogP contribution in [0, 0.1) is 6.92 Å². The zero-order chi connectivity index (χ0) is 18.8. The molecule has 0 saturated heterocycles. The molecule has 1 unspecified atom stereocenters. The minimum absolute atomic E-state index is 0.0482. The van der Waals surface area contributed by atoms with Gasteiger partial charge in [-0.2, -0.15) is 4.31 Å². The summed E-state index contributed by atoms with van der Waals surface area (Å²) in [6, 6.07) is 5.52. The van der Waals surface area contributed by atoms with Crippen LogP contribution in [0.15, 0.2) is 18.2 Å². The van der Waals surface area contributed by atoms with Crippen LogP contribution < -0.4 is 4.74 Å². The number of carbonyl (C=O) groups is 1. The maximum absolute atomic E-state index is 12.4. The van der Waals surface area contributed by atoms with Crippen molar-refractivity contribution in [2.45, 2.75) is 58.1 Å². The summed E-state index contributed by atoms with van der Waals surface area (Å²) < 4.78 is 32.4. The van der Waals surface area contributed by atoms with Crippen LogP contribution in [0.3, 0.4) is 0 Å². The van der Waals surface area contributed by atoms with Crippen LogP contribution in [0.2, 0.25) is 0 Å². The van der Waals surface area contributed by atoms with Crippen molar-refractivity contribution in [1.82, 2.24) is 4.31 Å². The predicted octanol–water partition coefficient (Wildman–Crippen LogP) is 3.11. The minimum Gasteiger partial charge on any atom is -0.487 e. The first-order valence-electron chi connectivity index (χ1n) is 8.48. The lowest BCUT2D eigenvalue weighted by Crippen LogP contribution is -2.43. The van der Waals surface area contributed by atoms with E-state index < -0.39 is 21.6 Å². The van der Waals surface area contributed by atoms with Gasteiger partial charge in [-0.15, -0.1) is 0 Å². The highest BCUT2D eigenvalue weighted by Crippen LogP contribution is 2.43. The summed E-state index contributed by atoms with van der Waals surface area (Å²) in [5.74, 6) is -0.148. The highest BCUT2D eigenvalue weighted by Gasteiger charge is 2.39. The molecular formula is C18H27NO5S. The molecule has 2 rings (SSSR count). The Labute approximate surface area is 149 Å². The predicted molar refractivity (Wildman–Crippen MR) is 96.3 cm³/mol. The van der Waals surface area contributed by atoms with Gasteiger partial charge in [-0.1, -0.05) is 17.7 Å². The number of nitrogens with zero attached hydrogens (tertiary/aromatic N) is 1. The SMILES string of the molecule is Cc1ccc2c(c1)C(N(CCCCC(=O)O)S(C)(=O)=O)CC(C)(C)O2. The molecule has 140 valence electrons. The fraction of sp³-hybridized carbons (Fsp3) is 0.611. The van der Waals surface area contributed by atoms with Gasteiger partial charge in [-0.25, -0.2) is 8.42 Å². The third-order valence-electron chi connectivity index (χ3n) is 4.39. The van der Waals surface area contributed by atoms with Crippen molar-refractivity contribution in [3.63, 3.8) is 0 Å². The van der Waals surface area contributed by atoms with Gasteiger partial charge in [-0.3, -0.25) is 4.79 Å². The quantitative estimate of drug-likeness (QED) is 0.747. The molecule has 0 bridgehead atoms. The second-order valence-corrected chi connectivity index (χ2v) is 9.28. The maximum Gasteiger partial charge on any atom is 0.303 e. The van der Waals surface area contributed by atoms with Gasteiger partial charge in [0.1, 0.15) is 11.4 Å². The van der Waals surface area contributed by atoms with Gasteiger partial charge in [-0.05, 0) is 39.7 Å². The summed E-state index contributed by atoms with van der Waals surface area (Å²) in [7, 11) is -3.44. The molecule has 0 amide bonds. The second-order valence-electron chi connectivity index (χ2n) is 7.35. The van der Waals surface area contributed by atoms with Crippen LogP contribution in [-0.2, 0) is 14.8 Å². The van der Waals surface area contributed by atoms with Crippen molar-refractivity contribution >= 4 is 16.0 Å². The lowest BCUT2D eigenvalue weighted by atomic mass is 9.89. The molecule has 1 N–H and O–H groups in total. The van der Waals surface area contributed by atoms with Crippen LogP contribution in [0.4, 0.5) is 0 Å². The molecule has 0 saturated carbocycles. The van der Waals surface area contributed by atoms with Gasteiger partial charge in [0.15, 0.2) is 0 Å². The smallest absolute Gasteiger partial charge is 0.303 e. The Hall–Kier alpha value is -1.60. The number of unbranched alkanes of at least 4 members (excludes halogenated alkanes) is 1. The zero-order valence-electron chi connectivity index (χ0n) is 15.3. The van der Waals surface area contributed by atoms with E-state index in [1.54, 1.807) is 0 Å². The Kier molecular flexibility index (Phi) is 5.79. The van der Waals surface area contributed by atoms with E-state index in [4.69, 9.17) is 9.84 Å². The highest BCUT2D eigenvalue weighted by molar-refractivity contribution is 7.88. The number of benzene rings is 1. The molecule has 0 radical (unpaired) electrons. The molecular weight excluding hydrogens is 342 g/mol. The number of carboxylic acid groups (broad SMARTS) is 1. The van der Waals surface area contributed by atoms with Crippen molar-refractivity contribution in [1.29, 1.82) is 0 Å². The lowest BCUT2D eigenvalue weighted by Gasteiger charge is -2.41. The number of hydrogen-bond acceptors (Lipinski definition) is 4. The standard InChI is InChI=1S/C18H27NO5S/c1-13-8-9-16-14(11-13)15(12-18(2,3)24-16)19(25(4,22)23)10-6-5-7-17(20)21/h8-9,11,15H,5-7,10,12H2,1-4H3,(H,20,21). The van der Waals surface area contributed by atoms with Crippen molar-refractivity contribution < 1.29 is 23.1 Å². The van der Waals surface area contributed by atoms with E-state index in [0.29, 0.717) is 31.6 Å². The fourth-order valence-electron chi connectivity index (χ4n) is 3.29. The third-order valence-corrected chi connectivity index (χ3v) is 5.68. The van der Waals surface area contributed by atoms with Crippen molar-refractivity contribution in [3.05, 3.63) is 29.3 Å². The Balaban J connectivity index is 2.32. The molecule has 1 aromatic carbocycles. The molecule has 1 atom stereocenters. The van der Waals surface area contributed by atoms with Gasteiger partial charge >= 0.3 is 5.97 Å². The van der Waals surface area contributed by atoms with E-state index in [-0.39, 0.29) is 12.5 Å². The fourth-order valence-corrected chi connectivity index (χ4v) is 4.40. The lowest BCUT2D eigenvalue weighted by molar-refractivity contribution is -0.137. The number of sulfonamides is 1. The number of aryl methyl sites for hydroxylation is 1. The first-order valence-corrected chi connectivity index (χ1v) is 10.3. The number of aliphatic carboxylic acids is 1.